The minimum Gasteiger partial charge on any atom is -0.477 e. The molecular weight excluding hydrogens is 330 g/mol. The largest absolute Gasteiger partial charge is 0.477 e. The number of benzene rings is 1. The smallest absolute Gasteiger partial charge is 0.341 e. The Kier molecular flexibility index (Phi) is 3.38. The van der Waals surface area contributed by atoms with Gasteiger partial charge in [-0.25, -0.2) is 13.6 Å². The van der Waals surface area contributed by atoms with Crippen LogP contribution in [0.25, 0.3) is 22.0 Å². The number of carboxylic acid groups (broad SMARTS) is 1. The van der Waals surface area contributed by atoms with Crippen LogP contribution < -0.4 is 5.43 Å². The minimum absolute atomic E-state index is 0.0715. The summed E-state index contributed by atoms with van der Waals surface area (Å²) in [5.74, 6) is -3.23. The number of fused-ring (bicyclic) bond motifs is 1. The summed E-state index contributed by atoms with van der Waals surface area (Å²) in [6, 6.07) is 3.89. The number of carboxylic acids is 1. The average molecular weight is 342 g/mol. The SMILES string of the molecule is O=C(O)c1cn(C2CC2)c2c(F)c(-c3cccnc3)c(F)cc2c1=O. The first-order valence-electron chi connectivity index (χ1n) is 7.69. The molecule has 0 saturated heterocycles. The second kappa shape index (κ2) is 5.47. The van der Waals surface area contributed by atoms with E-state index in [-0.39, 0.29) is 28.1 Å². The molecule has 1 aliphatic rings. The van der Waals surface area contributed by atoms with Crippen LogP contribution in [0.5, 0.6) is 0 Å². The lowest BCUT2D eigenvalue weighted by Crippen LogP contribution is -2.20. The summed E-state index contributed by atoms with van der Waals surface area (Å²) in [6.45, 7) is 0. The molecule has 0 radical (unpaired) electrons. The van der Waals surface area contributed by atoms with Crippen LogP contribution in [0.4, 0.5) is 8.78 Å². The van der Waals surface area contributed by atoms with E-state index in [1.807, 2.05) is 0 Å². The minimum atomic E-state index is -1.42. The van der Waals surface area contributed by atoms with Gasteiger partial charge in [-0.05, 0) is 25.0 Å². The maximum absolute atomic E-state index is 15.2. The number of pyridine rings is 2. The molecule has 1 fully saturated rings. The Hall–Kier alpha value is -3.09. The zero-order chi connectivity index (χ0) is 17.7. The number of halogens is 2. The van der Waals surface area contributed by atoms with Crippen molar-refractivity contribution in [2.75, 3.05) is 0 Å². The molecule has 0 amide bonds. The van der Waals surface area contributed by atoms with Crippen LogP contribution in [0.3, 0.4) is 0 Å². The molecule has 0 unspecified atom stereocenters. The Morgan fingerprint density at radius 3 is 2.68 bits per heavy atom. The summed E-state index contributed by atoms with van der Waals surface area (Å²) in [7, 11) is 0. The molecule has 1 saturated carbocycles. The molecule has 2 aromatic heterocycles. The predicted octanol–water partition coefficient (Wildman–Crippen LogP) is 3.37. The van der Waals surface area contributed by atoms with Gasteiger partial charge in [-0.1, -0.05) is 6.07 Å². The number of hydrogen-bond acceptors (Lipinski definition) is 3. The first kappa shape index (κ1) is 15.4. The van der Waals surface area contributed by atoms with Crippen LogP contribution in [0.1, 0.15) is 29.2 Å². The maximum atomic E-state index is 15.2. The van der Waals surface area contributed by atoms with Crippen molar-refractivity contribution in [2.24, 2.45) is 0 Å². The van der Waals surface area contributed by atoms with Crippen molar-refractivity contribution in [1.29, 1.82) is 0 Å². The van der Waals surface area contributed by atoms with Gasteiger partial charge >= 0.3 is 5.97 Å². The van der Waals surface area contributed by atoms with Crippen molar-refractivity contribution >= 4 is 16.9 Å². The van der Waals surface area contributed by atoms with E-state index in [0.29, 0.717) is 0 Å². The van der Waals surface area contributed by atoms with Crippen molar-refractivity contribution in [1.82, 2.24) is 9.55 Å². The summed E-state index contributed by atoms with van der Waals surface area (Å²) in [5, 5.41) is 8.94. The van der Waals surface area contributed by atoms with E-state index in [2.05, 4.69) is 4.98 Å². The van der Waals surface area contributed by atoms with Crippen molar-refractivity contribution in [3.05, 3.63) is 64.2 Å². The molecule has 4 rings (SSSR count). The fourth-order valence-electron chi connectivity index (χ4n) is 3.01. The Bertz CT molecular complexity index is 1070. The third-order valence-electron chi connectivity index (χ3n) is 4.33. The van der Waals surface area contributed by atoms with Gasteiger partial charge in [0.25, 0.3) is 0 Å². The van der Waals surface area contributed by atoms with Gasteiger partial charge in [0.2, 0.25) is 5.43 Å². The van der Waals surface area contributed by atoms with Gasteiger partial charge in [0.1, 0.15) is 11.4 Å². The zero-order valence-electron chi connectivity index (χ0n) is 12.9. The van der Waals surface area contributed by atoms with E-state index in [1.54, 1.807) is 6.07 Å². The van der Waals surface area contributed by atoms with Crippen molar-refractivity contribution < 1.29 is 18.7 Å². The molecule has 0 atom stereocenters. The highest BCUT2D eigenvalue weighted by Gasteiger charge is 2.30. The van der Waals surface area contributed by atoms with Crippen molar-refractivity contribution in [3.8, 4) is 11.1 Å². The molecule has 3 aromatic rings. The van der Waals surface area contributed by atoms with Gasteiger partial charge in [0.05, 0.1) is 16.5 Å². The van der Waals surface area contributed by atoms with Gasteiger partial charge in [-0.15, -0.1) is 0 Å². The van der Waals surface area contributed by atoms with Crippen molar-refractivity contribution in [2.45, 2.75) is 18.9 Å². The molecular formula is C18H12F2N2O3. The van der Waals surface area contributed by atoms with Crippen LogP contribution in [0, 0.1) is 11.6 Å². The molecule has 0 spiro atoms. The monoisotopic (exact) mass is 342 g/mol. The molecule has 126 valence electrons. The molecule has 5 nitrogen and oxygen atoms in total. The normalized spacial score (nSPS) is 14.0. The summed E-state index contributed by atoms with van der Waals surface area (Å²) in [4.78, 5) is 27.6. The van der Waals surface area contributed by atoms with Crippen LogP contribution in [0.2, 0.25) is 0 Å². The van der Waals surface area contributed by atoms with E-state index >= 15 is 4.39 Å². The van der Waals surface area contributed by atoms with Crippen molar-refractivity contribution in [3.63, 3.8) is 0 Å². The Labute approximate surface area is 140 Å². The second-order valence-corrected chi connectivity index (χ2v) is 6.00. The first-order valence-corrected chi connectivity index (χ1v) is 7.69. The summed E-state index contributed by atoms with van der Waals surface area (Å²) >= 11 is 0. The highest BCUT2D eigenvalue weighted by atomic mass is 19.1. The maximum Gasteiger partial charge on any atom is 0.341 e. The summed E-state index contributed by atoms with van der Waals surface area (Å²) < 4.78 is 31.2. The van der Waals surface area contributed by atoms with Gasteiger partial charge in [-0.3, -0.25) is 9.78 Å². The lowest BCUT2D eigenvalue weighted by atomic mass is 10.0. The Balaban J connectivity index is 2.14. The number of aromatic carboxylic acids is 1. The number of hydrogen-bond donors (Lipinski definition) is 1. The highest BCUT2D eigenvalue weighted by molar-refractivity contribution is 5.94. The number of nitrogens with zero attached hydrogens (tertiary/aromatic N) is 2. The molecule has 7 heteroatoms. The van der Waals surface area contributed by atoms with E-state index in [9.17, 15) is 19.1 Å². The summed E-state index contributed by atoms with van der Waals surface area (Å²) in [5.41, 5.74) is -1.49. The van der Waals surface area contributed by atoms with E-state index in [1.165, 1.54) is 23.0 Å². The topological polar surface area (TPSA) is 72.2 Å². The van der Waals surface area contributed by atoms with Crippen LogP contribution in [-0.4, -0.2) is 20.6 Å². The lowest BCUT2D eigenvalue weighted by molar-refractivity contribution is 0.0695. The van der Waals surface area contributed by atoms with Gasteiger partial charge in [0, 0.05) is 30.2 Å². The fourth-order valence-corrected chi connectivity index (χ4v) is 3.01. The van der Waals surface area contributed by atoms with Crippen LogP contribution >= 0.6 is 0 Å². The zero-order valence-corrected chi connectivity index (χ0v) is 12.9. The molecule has 0 aliphatic heterocycles. The van der Waals surface area contributed by atoms with Gasteiger partial charge in [0.15, 0.2) is 5.82 Å². The molecule has 2 heterocycles. The molecule has 1 aromatic carbocycles. The number of rotatable bonds is 3. The third kappa shape index (κ3) is 2.39. The molecule has 1 aliphatic carbocycles. The number of aromatic nitrogens is 2. The lowest BCUT2D eigenvalue weighted by Gasteiger charge is -2.15. The highest BCUT2D eigenvalue weighted by Crippen LogP contribution is 2.39. The molecule has 25 heavy (non-hydrogen) atoms. The van der Waals surface area contributed by atoms with Crippen LogP contribution in [0.15, 0.2) is 41.6 Å². The third-order valence-corrected chi connectivity index (χ3v) is 4.33. The average Bonchev–Trinajstić information content (AvgIpc) is 3.41. The predicted molar refractivity (Wildman–Crippen MR) is 86.6 cm³/mol. The second-order valence-electron chi connectivity index (χ2n) is 6.00. The fraction of sp³-hybridized carbons (Fsp3) is 0.167. The van der Waals surface area contributed by atoms with E-state index in [4.69, 9.17) is 0 Å². The van der Waals surface area contributed by atoms with E-state index in [0.717, 1.165) is 25.1 Å². The standard InChI is InChI=1S/C18H12F2N2O3/c19-13-6-11-16(15(20)14(13)9-2-1-5-21-7-9)22(10-3-4-10)8-12(17(11)23)18(24)25/h1-2,5-8,10H,3-4H2,(H,24,25). The molecule has 0 bridgehead atoms. The Morgan fingerprint density at radius 2 is 2.08 bits per heavy atom. The van der Waals surface area contributed by atoms with Crippen LogP contribution in [-0.2, 0) is 0 Å². The Morgan fingerprint density at radius 1 is 1.32 bits per heavy atom. The quantitative estimate of drug-likeness (QED) is 0.792. The van der Waals surface area contributed by atoms with Gasteiger partial charge < -0.3 is 9.67 Å². The first-order chi connectivity index (χ1) is 12.0. The molecule has 1 N–H and O–H groups in total. The van der Waals surface area contributed by atoms with E-state index < -0.39 is 28.6 Å². The number of carbonyl (C=O) groups is 1. The van der Waals surface area contributed by atoms with Gasteiger partial charge in [-0.2, -0.15) is 0 Å². The summed E-state index contributed by atoms with van der Waals surface area (Å²) in [6.07, 6.45) is 5.46.